The highest BCUT2D eigenvalue weighted by atomic mass is 32.1. The van der Waals surface area contributed by atoms with Crippen molar-refractivity contribution in [1.29, 1.82) is 0 Å². The van der Waals surface area contributed by atoms with Gasteiger partial charge in [0.15, 0.2) is 0 Å². The van der Waals surface area contributed by atoms with Gasteiger partial charge in [0.05, 0.1) is 5.92 Å². The molecule has 0 radical (unpaired) electrons. The van der Waals surface area contributed by atoms with Crippen LogP contribution < -0.4 is 10.6 Å². The van der Waals surface area contributed by atoms with Crippen molar-refractivity contribution in [3.63, 3.8) is 0 Å². The first-order valence-corrected chi connectivity index (χ1v) is 7.63. The second-order valence-electron chi connectivity index (χ2n) is 5.99. The lowest BCUT2D eigenvalue weighted by Crippen LogP contribution is -2.37. The van der Waals surface area contributed by atoms with Gasteiger partial charge in [0.25, 0.3) is 0 Å². The summed E-state index contributed by atoms with van der Waals surface area (Å²) in [6.45, 7) is 7.94. The van der Waals surface area contributed by atoms with E-state index in [2.05, 4.69) is 20.8 Å². The predicted molar refractivity (Wildman–Crippen MR) is 81.5 cm³/mol. The van der Waals surface area contributed by atoms with Crippen molar-refractivity contribution >= 4 is 28.5 Å². The molecule has 0 fully saturated rings. The van der Waals surface area contributed by atoms with Crippen LogP contribution in [-0.2, 0) is 11.2 Å². The summed E-state index contributed by atoms with van der Waals surface area (Å²) < 4.78 is 0. The number of carboxylic acids is 1. The van der Waals surface area contributed by atoms with Crippen LogP contribution in [0.3, 0.4) is 0 Å². The fourth-order valence-corrected chi connectivity index (χ4v) is 2.46. The van der Waals surface area contributed by atoms with E-state index >= 15 is 0 Å². The number of carboxylic acid groups (broad SMARTS) is 1. The van der Waals surface area contributed by atoms with E-state index in [4.69, 9.17) is 0 Å². The minimum atomic E-state index is -0.908. The van der Waals surface area contributed by atoms with Gasteiger partial charge in [-0.1, -0.05) is 39.0 Å². The van der Waals surface area contributed by atoms with Crippen LogP contribution in [0.4, 0.5) is 9.93 Å². The maximum atomic E-state index is 11.7. The summed E-state index contributed by atoms with van der Waals surface area (Å²) in [5, 5.41) is 23.3. The number of hydrogen-bond donors (Lipinski definition) is 3. The first-order chi connectivity index (χ1) is 9.71. The highest BCUT2D eigenvalue weighted by molar-refractivity contribution is 7.15. The van der Waals surface area contributed by atoms with Crippen LogP contribution in [0.5, 0.6) is 0 Å². The average Bonchev–Trinajstić information content (AvgIpc) is 2.80. The molecule has 0 saturated carbocycles. The summed E-state index contributed by atoms with van der Waals surface area (Å²) in [5.74, 6) is -1.52. The van der Waals surface area contributed by atoms with Gasteiger partial charge >= 0.3 is 12.0 Å². The zero-order chi connectivity index (χ0) is 16.0. The molecule has 0 spiro atoms. The number of hydrogen-bond acceptors (Lipinski definition) is 5. The zero-order valence-corrected chi connectivity index (χ0v) is 13.6. The minimum absolute atomic E-state index is 0.0812. The molecule has 7 nitrogen and oxygen atoms in total. The third-order valence-corrected chi connectivity index (χ3v) is 3.69. The van der Waals surface area contributed by atoms with Gasteiger partial charge in [-0.2, -0.15) is 0 Å². The number of nitrogens with one attached hydrogen (secondary N) is 2. The summed E-state index contributed by atoms with van der Waals surface area (Å²) in [7, 11) is 0. The standard InChI is InChI=1S/C13H22N4O3S/c1-5-9-16-17-12(21-9)15-11(20)14-7-8(10(18)19)6-13(2,3)4/h8H,5-7H2,1-4H3,(H,18,19)(H2,14,15,17,20). The van der Waals surface area contributed by atoms with Gasteiger partial charge in [0, 0.05) is 6.54 Å². The molecule has 1 aromatic rings. The van der Waals surface area contributed by atoms with Crippen molar-refractivity contribution in [2.75, 3.05) is 11.9 Å². The van der Waals surface area contributed by atoms with Crippen molar-refractivity contribution in [1.82, 2.24) is 15.5 Å². The molecule has 0 aliphatic rings. The van der Waals surface area contributed by atoms with Crippen LogP contribution >= 0.6 is 11.3 Å². The van der Waals surface area contributed by atoms with Crippen LogP contribution in [0.25, 0.3) is 0 Å². The summed E-state index contributed by atoms with van der Waals surface area (Å²) in [6.07, 6.45) is 1.25. The molecule has 0 aromatic carbocycles. The smallest absolute Gasteiger partial charge is 0.321 e. The summed E-state index contributed by atoms with van der Waals surface area (Å²) >= 11 is 1.30. The number of carbonyl (C=O) groups is 2. The molecule has 0 aliphatic heterocycles. The lowest BCUT2D eigenvalue weighted by Gasteiger charge is -2.23. The summed E-state index contributed by atoms with van der Waals surface area (Å²) in [4.78, 5) is 22.9. The second kappa shape index (κ2) is 7.35. The van der Waals surface area contributed by atoms with Gasteiger partial charge in [0.1, 0.15) is 5.01 Å². The number of aryl methyl sites for hydroxylation is 1. The van der Waals surface area contributed by atoms with E-state index in [9.17, 15) is 14.7 Å². The fourth-order valence-electron chi connectivity index (χ4n) is 1.79. The Bertz CT molecular complexity index is 496. The molecule has 21 heavy (non-hydrogen) atoms. The molecule has 0 aliphatic carbocycles. The van der Waals surface area contributed by atoms with Crippen molar-refractivity contribution < 1.29 is 14.7 Å². The molecule has 1 heterocycles. The topological polar surface area (TPSA) is 104 Å². The lowest BCUT2D eigenvalue weighted by atomic mass is 9.84. The summed E-state index contributed by atoms with van der Waals surface area (Å²) in [6, 6.07) is -0.464. The first-order valence-electron chi connectivity index (χ1n) is 6.81. The predicted octanol–water partition coefficient (Wildman–Crippen LogP) is 2.36. The number of rotatable bonds is 6. The van der Waals surface area contributed by atoms with Crippen molar-refractivity contribution in [3.8, 4) is 0 Å². The Morgan fingerprint density at radius 3 is 2.48 bits per heavy atom. The fraction of sp³-hybridized carbons (Fsp3) is 0.692. The monoisotopic (exact) mass is 314 g/mol. The molecule has 0 bridgehead atoms. The molecular formula is C13H22N4O3S. The molecular weight excluding hydrogens is 292 g/mol. The molecule has 1 aromatic heterocycles. The van der Waals surface area contributed by atoms with E-state index < -0.39 is 17.9 Å². The van der Waals surface area contributed by atoms with E-state index in [0.29, 0.717) is 11.6 Å². The maximum Gasteiger partial charge on any atom is 0.321 e. The Morgan fingerprint density at radius 1 is 1.33 bits per heavy atom. The van der Waals surface area contributed by atoms with Crippen LogP contribution in [0.2, 0.25) is 0 Å². The summed E-state index contributed by atoms with van der Waals surface area (Å²) in [5.41, 5.74) is -0.115. The van der Waals surface area contributed by atoms with E-state index in [1.54, 1.807) is 0 Å². The number of carbonyl (C=O) groups excluding carboxylic acids is 1. The van der Waals surface area contributed by atoms with Crippen LogP contribution in [-0.4, -0.2) is 33.8 Å². The average molecular weight is 314 g/mol. The van der Waals surface area contributed by atoms with Crippen LogP contribution in [0.1, 0.15) is 39.1 Å². The molecule has 1 atom stereocenters. The van der Waals surface area contributed by atoms with Crippen LogP contribution in [0, 0.1) is 11.3 Å². The number of amides is 2. The Hall–Kier alpha value is -1.70. The number of nitrogens with zero attached hydrogens (tertiary/aromatic N) is 2. The van der Waals surface area contributed by atoms with Gasteiger partial charge in [0.2, 0.25) is 5.13 Å². The molecule has 1 unspecified atom stereocenters. The third-order valence-electron chi connectivity index (χ3n) is 2.71. The van der Waals surface area contributed by atoms with Crippen molar-refractivity contribution in [2.24, 2.45) is 11.3 Å². The Kier molecular flexibility index (Phi) is 6.07. The van der Waals surface area contributed by atoms with Crippen molar-refractivity contribution in [3.05, 3.63) is 5.01 Å². The van der Waals surface area contributed by atoms with E-state index in [0.717, 1.165) is 11.4 Å². The maximum absolute atomic E-state index is 11.7. The highest BCUT2D eigenvalue weighted by Gasteiger charge is 2.25. The van der Waals surface area contributed by atoms with Crippen molar-refractivity contribution in [2.45, 2.75) is 40.5 Å². The Morgan fingerprint density at radius 2 is 2.00 bits per heavy atom. The van der Waals surface area contributed by atoms with Gasteiger partial charge in [-0.3, -0.25) is 10.1 Å². The number of aliphatic carboxylic acids is 1. The first kappa shape index (κ1) is 17.4. The molecule has 8 heteroatoms. The van der Waals surface area contributed by atoms with E-state index in [1.807, 2.05) is 27.7 Å². The van der Waals surface area contributed by atoms with Gasteiger partial charge in [-0.15, -0.1) is 10.2 Å². The molecule has 1 rings (SSSR count). The zero-order valence-electron chi connectivity index (χ0n) is 12.8. The van der Waals surface area contributed by atoms with Gasteiger partial charge in [-0.05, 0) is 18.3 Å². The quantitative estimate of drug-likeness (QED) is 0.747. The molecule has 3 N–H and O–H groups in total. The highest BCUT2D eigenvalue weighted by Crippen LogP contribution is 2.24. The van der Waals surface area contributed by atoms with Gasteiger partial charge < -0.3 is 10.4 Å². The SMILES string of the molecule is CCc1nnc(NC(=O)NCC(CC(C)(C)C)C(=O)O)s1. The Balaban J connectivity index is 2.48. The molecule has 0 saturated heterocycles. The largest absolute Gasteiger partial charge is 0.481 e. The minimum Gasteiger partial charge on any atom is -0.481 e. The second-order valence-corrected chi connectivity index (χ2v) is 7.05. The normalized spacial score (nSPS) is 12.8. The number of anilines is 1. The Labute approximate surface area is 128 Å². The lowest BCUT2D eigenvalue weighted by molar-refractivity contribution is -0.142. The van der Waals surface area contributed by atoms with Gasteiger partial charge in [-0.25, -0.2) is 4.79 Å². The van der Waals surface area contributed by atoms with E-state index in [-0.39, 0.29) is 12.0 Å². The number of aromatic nitrogens is 2. The third kappa shape index (κ3) is 6.52. The molecule has 2 amide bonds. The van der Waals surface area contributed by atoms with Crippen LogP contribution in [0.15, 0.2) is 0 Å². The number of urea groups is 1. The van der Waals surface area contributed by atoms with E-state index in [1.165, 1.54) is 11.3 Å². The molecule has 118 valence electrons.